The van der Waals surface area contributed by atoms with Crippen molar-refractivity contribution < 1.29 is 5.32 Å². The number of pyridine rings is 1. The normalized spacial score (nSPS) is 10.5. The third-order valence-electron chi connectivity index (χ3n) is 2.16. The molecule has 2 rings (SSSR count). The molecule has 0 radical (unpaired) electrons. The Morgan fingerprint density at radius 3 is 2.92 bits per heavy atom. The van der Waals surface area contributed by atoms with Crippen LogP contribution in [0.4, 0.5) is 0 Å². The second kappa shape index (κ2) is 3.54. The number of para-hydroxylation sites is 1. The van der Waals surface area contributed by atoms with Gasteiger partial charge in [-0.15, -0.1) is 0 Å². The lowest BCUT2D eigenvalue weighted by Gasteiger charge is -2.02. The van der Waals surface area contributed by atoms with Crippen molar-refractivity contribution in [3.05, 3.63) is 42.1 Å². The summed E-state index contributed by atoms with van der Waals surface area (Å²) < 4.78 is 0. The maximum Gasteiger partial charge on any atom is 0.102 e. The van der Waals surface area contributed by atoms with Gasteiger partial charge in [0.1, 0.15) is 6.54 Å². The monoisotopic (exact) mass is 173 g/mol. The molecule has 1 aromatic heterocycles. The molecule has 1 aromatic carbocycles. The molecule has 0 unspecified atom stereocenters. The zero-order valence-electron chi connectivity index (χ0n) is 7.70. The lowest BCUT2D eigenvalue weighted by atomic mass is 10.1. The Hall–Kier alpha value is -1.41. The second-order valence-corrected chi connectivity index (χ2v) is 3.10. The van der Waals surface area contributed by atoms with Crippen molar-refractivity contribution >= 4 is 10.9 Å². The number of quaternary nitrogens is 1. The number of rotatable bonds is 2. The van der Waals surface area contributed by atoms with Crippen LogP contribution in [0.3, 0.4) is 0 Å². The van der Waals surface area contributed by atoms with E-state index in [1.54, 1.807) is 0 Å². The molecule has 2 N–H and O–H groups in total. The van der Waals surface area contributed by atoms with Gasteiger partial charge in [0.25, 0.3) is 0 Å². The summed E-state index contributed by atoms with van der Waals surface area (Å²) in [5.74, 6) is 0. The maximum absolute atomic E-state index is 4.31. The zero-order valence-corrected chi connectivity index (χ0v) is 7.70. The molecule has 0 amide bonds. The first-order valence-electron chi connectivity index (χ1n) is 4.52. The van der Waals surface area contributed by atoms with Gasteiger partial charge in [-0.1, -0.05) is 18.2 Å². The molecule has 0 saturated carbocycles. The van der Waals surface area contributed by atoms with Crippen LogP contribution < -0.4 is 5.32 Å². The number of nitrogens with zero attached hydrogens (tertiary/aromatic N) is 1. The van der Waals surface area contributed by atoms with Crippen LogP contribution in [0.15, 0.2) is 36.5 Å². The van der Waals surface area contributed by atoms with E-state index in [0.717, 1.165) is 12.1 Å². The first kappa shape index (κ1) is 8.20. The van der Waals surface area contributed by atoms with Crippen molar-refractivity contribution in [3.63, 3.8) is 0 Å². The highest BCUT2D eigenvalue weighted by Crippen LogP contribution is 2.14. The standard InChI is InChI=1S/C11H12N2/c1-12-8-9-6-7-13-11-5-3-2-4-10(9)11/h2-7,12H,8H2,1H3/p+1. The Labute approximate surface area is 77.6 Å². The summed E-state index contributed by atoms with van der Waals surface area (Å²) in [6.07, 6.45) is 1.88. The summed E-state index contributed by atoms with van der Waals surface area (Å²) in [5, 5.41) is 3.44. The van der Waals surface area contributed by atoms with Crippen LogP contribution in [0.25, 0.3) is 10.9 Å². The third-order valence-corrected chi connectivity index (χ3v) is 2.16. The zero-order chi connectivity index (χ0) is 9.10. The van der Waals surface area contributed by atoms with Gasteiger partial charge in [-0.3, -0.25) is 4.98 Å². The molecule has 2 aromatic rings. The van der Waals surface area contributed by atoms with Crippen LogP contribution in [0.5, 0.6) is 0 Å². The minimum absolute atomic E-state index is 1.02. The molecule has 0 atom stereocenters. The lowest BCUT2D eigenvalue weighted by molar-refractivity contribution is -0.643. The van der Waals surface area contributed by atoms with Crippen LogP contribution in [-0.2, 0) is 6.54 Å². The van der Waals surface area contributed by atoms with Crippen molar-refractivity contribution in [2.45, 2.75) is 6.54 Å². The molecule has 0 aliphatic carbocycles. The van der Waals surface area contributed by atoms with Crippen LogP contribution in [0.2, 0.25) is 0 Å². The van der Waals surface area contributed by atoms with Crippen molar-refractivity contribution in [2.24, 2.45) is 0 Å². The molecule has 0 spiro atoms. The number of benzene rings is 1. The quantitative estimate of drug-likeness (QED) is 0.719. The van der Waals surface area contributed by atoms with Crippen LogP contribution in [0.1, 0.15) is 5.56 Å². The molecule has 2 nitrogen and oxygen atoms in total. The minimum Gasteiger partial charge on any atom is -0.345 e. The van der Waals surface area contributed by atoms with E-state index in [2.05, 4.69) is 41.6 Å². The predicted molar refractivity (Wildman–Crippen MR) is 53.3 cm³/mol. The Kier molecular flexibility index (Phi) is 2.23. The van der Waals surface area contributed by atoms with Crippen LogP contribution in [-0.4, -0.2) is 12.0 Å². The largest absolute Gasteiger partial charge is 0.345 e. The molecule has 0 saturated heterocycles. The number of fused-ring (bicyclic) bond motifs is 1. The van der Waals surface area contributed by atoms with Gasteiger partial charge in [0.15, 0.2) is 0 Å². The van der Waals surface area contributed by atoms with Gasteiger partial charge in [-0.2, -0.15) is 0 Å². The predicted octanol–water partition coefficient (Wildman–Crippen LogP) is 0.928. The lowest BCUT2D eigenvalue weighted by Crippen LogP contribution is -2.77. The van der Waals surface area contributed by atoms with Crippen molar-refractivity contribution in [1.82, 2.24) is 4.98 Å². The molecule has 1 heterocycles. The average Bonchev–Trinajstić information content (AvgIpc) is 2.19. The third kappa shape index (κ3) is 1.53. The topological polar surface area (TPSA) is 29.5 Å². The fourth-order valence-corrected chi connectivity index (χ4v) is 1.55. The van der Waals surface area contributed by atoms with E-state index in [1.165, 1.54) is 10.9 Å². The fourth-order valence-electron chi connectivity index (χ4n) is 1.55. The molecule has 0 bridgehead atoms. The fraction of sp³-hybridized carbons (Fsp3) is 0.182. The van der Waals surface area contributed by atoms with Gasteiger partial charge in [-0.25, -0.2) is 0 Å². The summed E-state index contributed by atoms with van der Waals surface area (Å²) >= 11 is 0. The smallest absolute Gasteiger partial charge is 0.102 e. The summed E-state index contributed by atoms with van der Waals surface area (Å²) in [6.45, 7) is 1.02. The van der Waals surface area contributed by atoms with Crippen LogP contribution in [0, 0.1) is 0 Å². The minimum atomic E-state index is 1.02. The molecular formula is C11H13N2+. The van der Waals surface area contributed by atoms with Gasteiger partial charge >= 0.3 is 0 Å². The molecule has 2 heteroatoms. The molecule has 0 aliphatic heterocycles. The van der Waals surface area contributed by atoms with Crippen molar-refractivity contribution in [3.8, 4) is 0 Å². The van der Waals surface area contributed by atoms with Crippen molar-refractivity contribution in [2.75, 3.05) is 7.05 Å². The van der Waals surface area contributed by atoms with Gasteiger partial charge in [-0.05, 0) is 12.1 Å². The number of hydrogen-bond donors (Lipinski definition) is 1. The second-order valence-electron chi connectivity index (χ2n) is 3.10. The molecule has 13 heavy (non-hydrogen) atoms. The van der Waals surface area contributed by atoms with E-state index in [1.807, 2.05) is 12.3 Å². The maximum atomic E-state index is 4.31. The van der Waals surface area contributed by atoms with E-state index in [0.29, 0.717) is 0 Å². The van der Waals surface area contributed by atoms with Gasteiger partial charge in [0.2, 0.25) is 0 Å². The summed E-state index contributed by atoms with van der Waals surface area (Å²) in [7, 11) is 2.08. The van der Waals surface area contributed by atoms with E-state index in [4.69, 9.17) is 0 Å². The molecule has 66 valence electrons. The average molecular weight is 173 g/mol. The Bertz CT molecular complexity index is 404. The van der Waals surface area contributed by atoms with E-state index in [-0.39, 0.29) is 0 Å². The number of nitrogens with two attached hydrogens (primary N) is 1. The Morgan fingerprint density at radius 1 is 1.23 bits per heavy atom. The molecular weight excluding hydrogens is 160 g/mol. The SMILES string of the molecule is C[NH2+]Cc1ccnc2ccccc12. The van der Waals surface area contributed by atoms with E-state index in [9.17, 15) is 0 Å². The first-order valence-corrected chi connectivity index (χ1v) is 4.52. The Morgan fingerprint density at radius 2 is 2.08 bits per heavy atom. The summed E-state index contributed by atoms with van der Waals surface area (Å²) in [6, 6.07) is 10.3. The number of hydrogen-bond acceptors (Lipinski definition) is 1. The molecule has 0 fully saturated rings. The van der Waals surface area contributed by atoms with Gasteiger partial charge in [0, 0.05) is 17.1 Å². The summed E-state index contributed by atoms with van der Waals surface area (Å²) in [5.41, 5.74) is 2.44. The van der Waals surface area contributed by atoms with E-state index >= 15 is 0 Å². The van der Waals surface area contributed by atoms with Gasteiger partial charge < -0.3 is 5.32 Å². The highest BCUT2D eigenvalue weighted by molar-refractivity contribution is 5.81. The number of aromatic nitrogens is 1. The van der Waals surface area contributed by atoms with Crippen molar-refractivity contribution in [1.29, 1.82) is 0 Å². The summed E-state index contributed by atoms with van der Waals surface area (Å²) in [4.78, 5) is 4.31. The highest BCUT2D eigenvalue weighted by Gasteiger charge is 2.00. The van der Waals surface area contributed by atoms with Gasteiger partial charge in [0.05, 0.1) is 12.6 Å². The van der Waals surface area contributed by atoms with E-state index < -0.39 is 0 Å². The molecule has 0 aliphatic rings. The highest BCUT2D eigenvalue weighted by atomic mass is 14.8. The first-order chi connectivity index (χ1) is 6.42. The van der Waals surface area contributed by atoms with Crippen LogP contribution >= 0.6 is 0 Å². The Balaban J connectivity index is 2.61.